The third-order valence-corrected chi connectivity index (χ3v) is 3.96. The van der Waals surface area contributed by atoms with E-state index in [4.69, 9.17) is 4.84 Å². The van der Waals surface area contributed by atoms with Gasteiger partial charge in [0.05, 0.1) is 20.8 Å². The molecule has 1 aromatic carbocycles. The lowest BCUT2D eigenvalue weighted by Crippen LogP contribution is -2.36. The zero-order valence-electron chi connectivity index (χ0n) is 12.4. The fraction of sp³-hybridized carbons (Fsp3) is 0.467. The van der Waals surface area contributed by atoms with Crippen LogP contribution in [0.5, 0.6) is 0 Å². The number of methoxy groups -OCH3 is 2. The first-order chi connectivity index (χ1) is 10.0. The molecule has 0 radical (unpaired) electrons. The van der Waals surface area contributed by atoms with E-state index in [0.29, 0.717) is 0 Å². The molecule has 0 saturated heterocycles. The fourth-order valence-electron chi connectivity index (χ4n) is 2.47. The van der Waals surface area contributed by atoms with Crippen LogP contribution in [0.2, 0.25) is 0 Å². The van der Waals surface area contributed by atoms with Crippen molar-refractivity contribution >= 4 is 12.2 Å². The molecule has 2 atom stereocenters. The summed E-state index contributed by atoms with van der Waals surface area (Å²) in [6.07, 6.45) is -0.750. The van der Waals surface area contributed by atoms with Gasteiger partial charge in [0.1, 0.15) is 0 Å². The van der Waals surface area contributed by atoms with E-state index in [2.05, 4.69) is 28.5 Å². The van der Waals surface area contributed by atoms with Crippen LogP contribution < -0.4 is 0 Å². The molecule has 1 aromatic rings. The molecule has 0 heterocycles. The fourth-order valence-corrected chi connectivity index (χ4v) is 2.47. The van der Waals surface area contributed by atoms with Gasteiger partial charge in [0.15, 0.2) is 0 Å². The highest BCUT2D eigenvalue weighted by Crippen LogP contribution is 2.54. The van der Waals surface area contributed by atoms with Crippen molar-refractivity contribution in [1.82, 2.24) is 5.06 Å². The maximum absolute atomic E-state index is 11.6. The first kappa shape index (κ1) is 15.2. The molecule has 0 bridgehead atoms. The number of rotatable bonds is 3. The average molecular weight is 293 g/mol. The zero-order chi connectivity index (χ0) is 15.5. The number of hydroxylamine groups is 2. The zero-order valence-corrected chi connectivity index (χ0v) is 12.4. The Hall–Kier alpha value is -2.24. The predicted molar refractivity (Wildman–Crippen MR) is 74.5 cm³/mol. The monoisotopic (exact) mass is 293 g/mol. The first-order valence-electron chi connectivity index (χ1n) is 6.68. The van der Waals surface area contributed by atoms with E-state index in [0.717, 1.165) is 11.5 Å². The Morgan fingerprint density at radius 1 is 1.24 bits per heavy atom. The molecule has 1 aliphatic carbocycles. The normalized spacial score (nSPS) is 23.1. The SMILES string of the molecule is COC(=O)ON(C[C@@H]1C[C@@]1(C)c1ccccc1)C(=O)OC. The Kier molecular flexibility index (Phi) is 4.35. The van der Waals surface area contributed by atoms with Crippen LogP contribution in [0.1, 0.15) is 18.9 Å². The highest BCUT2D eigenvalue weighted by molar-refractivity contribution is 5.69. The molecule has 0 N–H and O–H groups in total. The minimum atomic E-state index is -0.942. The molecule has 0 unspecified atom stereocenters. The van der Waals surface area contributed by atoms with Crippen LogP contribution in [0.25, 0.3) is 0 Å². The number of carbonyl (C=O) groups excluding carboxylic acids is 2. The Bertz CT molecular complexity index is 518. The van der Waals surface area contributed by atoms with Crippen molar-refractivity contribution in [3.8, 4) is 0 Å². The molecule has 1 fully saturated rings. The van der Waals surface area contributed by atoms with Crippen LogP contribution in [0, 0.1) is 5.92 Å². The molecule has 2 rings (SSSR count). The van der Waals surface area contributed by atoms with Crippen molar-refractivity contribution < 1.29 is 23.9 Å². The molecule has 1 aliphatic rings. The molecule has 114 valence electrons. The van der Waals surface area contributed by atoms with Crippen LogP contribution in [-0.2, 0) is 19.7 Å². The molecule has 6 heteroatoms. The summed E-state index contributed by atoms with van der Waals surface area (Å²) >= 11 is 0. The predicted octanol–water partition coefficient (Wildman–Crippen LogP) is 2.73. The van der Waals surface area contributed by atoms with E-state index < -0.39 is 12.2 Å². The number of carbonyl (C=O) groups is 2. The number of amides is 1. The van der Waals surface area contributed by atoms with Crippen molar-refractivity contribution in [2.45, 2.75) is 18.8 Å². The summed E-state index contributed by atoms with van der Waals surface area (Å²) in [4.78, 5) is 27.7. The van der Waals surface area contributed by atoms with Gasteiger partial charge < -0.3 is 14.3 Å². The van der Waals surface area contributed by atoms with Crippen LogP contribution in [-0.4, -0.2) is 38.1 Å². The smallest absolute Gasteiger partial charge is 0.451 e. The van der Waals surface area contributed by atoms with Crippen molar-refractivity contribution in [1.29, 1.82) is 0 Å². The summed E-state index contributed by atoms with van der Waals surface area (Å²) in [5.74, 6) is 0.198. The molecular weight excluding hydrogens is 274 g/mol. The van der Waals surface area contributed by atoms with Crippen LogP contribution in [0.15, 0.2) is 30.3 Å². The van der Waals surface area contributed by atoms with Gasteiger partial charge in [0.2, 0.25) is 0 Å². The largest absolute Gasteiger partial charge is 0.533 e. The Balaban J connectivity index is 2.02. The van der Waals surface area contributed by atoms with E-state index in [9.17, 15) is 9.59 Å². The van der Waals surface area contributed by atoms with E-state index in [1.807, 2.05) is 18.2 Å². The van der Waals surface area contributed by atoms with Crippen LogP contribution in [0.4, 0.5) is 9.59 Å². The standard InChI is InChI=1S/C15H19NO5/c1-15(11-7-5-4-6-8-11)9-12(15)10-16(13(17)19-2)21-14(18)20-3/h4-8,12H,9-10H2,1-3H3/t12-,15-/m0/s1. The second-order valence-electron chi connectivity index (χ2n) is 5.26. The maximum Gasteiger partial charge on any atom is 0.533 e. The topological polar surface area (TPSA) is 65.1 Å². The maximum atomic E-state index is 11.6. The molecule has 21 heavy (non-hydrogen) atoms. The van der Waals surface area contributed by atoms with E-state index in [1.54, 1.807) is 0 Å². The average Bonchev–Trinajstić information content (AvgIpc) is 3.18. The lowest BCUT2D eigenvalue weighted by atomic mass is 9.95. The number of benzene rings is 1. The van der Waals surface area contributed by atoms with E-state index >= 15 is 0 Å². The number of hydrogen-bond donors (Lipinski definition) is 0. The van der Waals surface area contributed by atoms with Crippen molar-refractivity contribution in [3.63, 3.8) is 0 Å². The van der Waals surface area contributed by atoms with Gasteiger partial charge in [-0.1, -0.05) is 37.3 Å². The summed E-state index contributed by atoms with van der Waals surface area (Å²) in [6.45, 7) is 2.40. The lowest BCUT2D eigenvalue weighted by molar-refractivity contribution is -0.107. The Morgan fingerprint density at radius 3 is 2.48 bits per heavy atom. The number of hydrogen-bond acceptors (Lipinski definition) is 5. The first-order valence-corrected chi connectivity index (χ1v) is 6.68. The van der Waals surface area contributed by atoms with Gasteiger partial charge in [0.25, 0.3) is 0 Å². The van der Waals surface area contributed by atoms with Gasteiger partial charge in [0, 0.05) is 0 Å². The van der Waals surface area contributed by atoms with Gasteiger partial charge in [-0.05, 0) is 23.3 Å². The number of nitrogens with zero attached hydrogens (tertiary/aromatic N) is 1. The van der Waals surface area contributed by atoms with Gasteiger partial charge >= 0.3 is 12.2 Å². The summed E-state index contributed by atoms with van der Waals surface area (Å²) < 4.78 is 9.02. The summed E-state index contributed by atoms with van der Waals surface area (Å²) in [5.41, 5.74) is 1.19. The van der Waals surface area contributed by atoms with Gasteiger partial charge in [-0.25, -0.2) is 9.59 Å². The van der Waals surface area contributed by atoms with Crippen LogP contribution in [0.3, 0.4) is 0 Å². The van der Waals surface area contributed by atoms with Crippen molar-refractivity contribution in [2.75, 3.05) is 20.8 Å². The van der Waals surface area contributed by atoms with Crippen LogP contribution >= 0.6 is 0 Å². The summed E-state index contributed by atoms with van der Waals surface area (Å²) in [5, 5.41) is 0.907. The molecule has 1 saturated carbocycles. The quantitative estimate of drug-likeness (QED) is 0.633. The minimum absolute atomic E-state index is 0.0208. The molecule has 0 aromatic heterocycles. The Labute approximate surface area is 123 Å². The summed E-state index contributed by atoms with van der Waals surface area (Å²) in [6, 6.07) is 10.1. The lowest BCUT2D eigenvalue weighted by Gasteiger charge is -2.20. The minimum Gasteiger partial charge on any atom is -0.451 e. The third-order valence-electron chi connectivity index (χ3n) is 3.96. The highest BCUT2D eigenvalue weighted by atomic mass is 16.8. The highest BCUT2D eigenvalue weighted by Gasteiger charge is 2.52. The molecule has 6 nitrogen and oxygen atoms in total. The molecule has 1 amide bonds. The second-order valence-corrected chi connectivity index (χ2v) is 5.26. The third kappa shape index (κ3) is 3.26. The number of ether oxygens (including phenoxy) is 2. The van der Waals surface area contributed by atoms with Gasteiger partial charge in [-0.15, -0.1) is 5.06 Å². The molecule has 0 spiro atoms. The second kappa shape index (κ2) is 6.03. The van der Waals surface area contributed by atoms with Crippen molar-refractivity contribution in [2.24, 2.45) is 5.92 Å². The van der Waals surface area contributed by atoms with E-state index in [-0.39, 0.29) is 17.9 Å². The summed E-state index contributed by atoms with van der Waals surface area (Å²) in [7, 11) is 2.42. The van der Waals surface area contributed by atoms with E-state index in [1.165, 1.54) is 19.8 Å². The van der Waals surface area contributed by atoms with Gasteiger partial charge in [-0.2, -0.15) is 0 Å². The Morgan fingerprint density at radius 2 is 1.90 bits per heavy atom. The van der Waals surface area contributed by atoms with Crippen molar-refractivity contribution in [3.05, 3.63) is 35.9 Å². The molecule has 0 aliphatic heterocycles. The van der Waals surface area contributed by atoms with Gasteiger partial charge in [-0.3, -0.25) is 0 Å². The molecular formula is C15H19NO5.